The van der Waals surface area contributed by atoms with E-state index >= 15 is 0 Å². The van der Waals surface area contributed by atoms with E-state index in [-0.39, 0.29) is 29.1 Å². The zero-order valence-electron chi connectivity index (χ0n) is 23.2. The lowest BCUT2D eigenvalue weighted by Crippen LogP contribution is -2.47. The molecule has 2 aliphatic rings. The number of nitrogens with one attached hydrogen (secondary N) is 2. The molecule has 0 radical (unpaired) electrons. The van der Waals surface area contributed by atoms with Gasteiger partial charge in [-0.3, -0.25) is 9.59 Å². The lowest BCUT2D eigenvalue weighted by Gasteiger charge is -2.27. The van der Waals surface area contributed by atoms with Gasteiger partial charge in [0.2, 0.25) is 15.9 Å². The monoisotopic (exact) mass is 556 g/mol. The maximum Gasteiger partial charge on any atom is 0.326 e. The Labute approximate surface area is 229 Å². The van der Waals surface area contributed by atoms with Crippen molar-refractivity contribution in [2.24, 2.45) is 0 Å². The molecule has 0 saturated carbocycles. The molecular formula is C28H36N4O6S. The second kappa shape index (κ2) is 10.4. The number of sulfonamides is 1. The Hall–Kier alpha value is -3.28. The molecule has 0 bridgehead atoms. The van der Waals surface area contributed by atoms with Crippen molar-refractivity contribution in [2.75, 3.05) is 31.6 Å². The first-order valence-corrected chi connectivity index (χ1v) is 14.4. The highest BCUT2D eigenvalue weighted by molar-refractivity contribution is 7.89. The predicted octanol–water partition coefficient (Wildman–Crippen LogP) is 3.11. The minimum Gasteiger partial charge on any atom is -0.379 e. The second-order valence-electron chi connectivity index (χ2n) is 11.2. The van der Waals surface area contributed by atoms with Gasteiger partial charge in [0.25, 0.3) is 5.91 Å². The van der Waals surface area contributed by atoms with Crippen molar-refractivity contribution in [2.45, 2.75) is 63.4 Å². The summed E-state index contributed by atoms with van der Waals surface area (Å²) in [4.78, 5) is 40.6. The summed E-state index contributed by atoms with van der Waals surface area (Å²) in [5.41, 5.74) is 1.08. The van der Waals surface area contributed by atoms with Crippen molar-refractivity contribution in [1.82, 2.24) is 14.5 Å². The molecule has 2 aromatic rings. The number of carbonyl (C=O) groups excluding carboxylic acids is 3. The minimum absolute atomic E-state index is 0.0711. The van der Waals surface area contributed by atoms with Crippen LogP contribution in [0.4, 0.5) is 10.5 Å². The maximum absolute atomic E-state index is 13.5. The van der Waals surface area contributed by atoms with Gasteiger partial charge in [-0.2, -0.15) is 4.31 Å². The van der Waals surface area contributed by atoms with Crippen LogP contribution in [0, 0.1) is 6.92 Å². The van der Waals surface area contributed by atoms with E-state index in [0.717, 1.165) is 10.5 Å². The first kappa shape index (κ1) is 28.7. The Kier molecular flexibility index (Phi) is 7.63. The number of anilines is 1. The number of hydrogen-bond acceptors (Lipinski definition) is 6. The minimum atomic E-state index is -3.79. The summed E-state index contributed by atoms with van der Waals surface area (Å²) in [6, 6.07) is 10.3. The molecule has 0 aromatic heterocycles. The molecule has 0 spiro atoms. The zero-order valence-corrected chi connectivity index (χ0v) is 24.0. The molecule has 0 aliphatic carbocycles. The van der Waals surface area contributed by atoms with Crippen molar-refractivity contribution in [1.29, 1.82) is 0 Å². The van der Waals surface area contributed by atoms with Gasteiger partial charge in [-0.05, 0) is 55.0 Å². The average molecular weight is 557 g/mol. The van der Waals surface area contributed by atoms with E-state index in [0.29, 0.717) is 24.3 Å². The number of rotatable bonds is 6. The Morgan fingerprint density at radius 3 is 2.28 bits per heavy atom. The van der Waals surface area contributed by atoms with Gasteiger partial charge in [0.15, 0.2) is 0 Å². The van der Waals surface area contributed by atoms with Crippen LogP contribution in [0.3, 0.4) is 0 Å². The number of morpholine rings is 1. The third-order valence-electron chi connectivity index (χ3n) is 7.36. The van der Waals surface area contributed by atoms with Gasteiger partial charge in [0.05, 0.1) is 18.1 Å². The topological polar surface area (TPSA) is 125 Å². The van der Waals surface area contributed by atoms with Crippen molar-refractivity contribution in [3.05, 3.63) is 59.2 Å². The van der Waals surface area contributed by atoms with Crippen LogP contribution in [-0.4, -0.2) is 67.8 Å². The third-order valence-corrected chi connectivity index (χ3v) is 9.40. The van der Waals surface area contributed by atoms with E-state index in [9.17, 15) is 22.8 Å². The van der Waals surface area contributed by atoms with Gasteiger partial charge in [-0.1, -0.05) is 51.1 Å². The van der Waals surface area contributed by atoms with Crippen molar-refractivity contribution in [3.8, 4) is 0 Å². The highest BCUT2D eigenvalue weighted by Gasteiger charge is 2.51. The molecule has 11 heteroatoms. The smallest absolute Gasteiger partial charge is 0.326 e. The van der Waals surface area contributed by atoms with Crippen LogP contribution in [0.25, 0.3) is 0 Å². The summed E-state index contributed by atoms with van der Waals surface area (Å²) in [5, 5.41) is 5.41. The molecule has 2 aliphatic heterocycles. The summed E-state index contributed by atoms with van der Waals surface area (Å²) < 4.78 is 33.0. The lowest BCUT2D eigenvalue weighted by atomic mass is 9.84. The standard InChI is InChI=1S/C28H36N4O6S/c1-18-7-12-22(17-23(18)39(36,37)31-13-15-38-16-14-31)29-24(33)19(2)32-25(34)28(6,30-26(32)35)21-10-8-20(9-11-21)27(3,4)5/h7-12,17,19H,13-16H2,1-6H3,(H,29,33)(H,30,35)/t19-,28-/m0/s1. The van der Waals surface area contributed by atoms with Crippen molar-refractivity contribution in [3.63, 3.8) is 0 Å². The summed E-state index contributed by atoms with van der Waals surface area (Å²) in [6.45, 7) is 12.2. The fraction of sp³-hybridized carbons (Fsp3) is 0.464. The van der Waals surface area contributed by atoms with Crippen LogP contribution in [0.15, 0.2) is 47.4 Å². The summed E-state index contributed by atoms with van der Waals surface area (Å²) in [6.07, 6.45) is 0. The van der Waals surface area contributed by atoms with E-state index in [4.69, 9.17) is 4.74 Å². The van der Waals surface area contributed by atoms with Crippen LogP contribution in [0.2, 0.25) is 0 Å². The van der Waals surface area contributed by atoms with Crippen LogP contribution in [-0.2, 0) is 35.3 Å². The second-order valence-corrected chi connectivity index (χ2v) is 13.1. The molecule has 210 valence electrons. The Bertz CT molecular complexity index is 1390. The van der Waals surface area contributed by atoms with Crippen LogP contribution >= 0.6 is 0 Å². The number of ether oxygens (including phenoxy) is 1. The Balaban J connectivity index is 1.53. The van der Waals surface area contributed by atoms with Crippen LogP contribution < -0.4 is 10.6 Å². The average Bonchev–Trinajstić information content (AvgIpc) is 3.13. The van der Waals surface area contributed by atoms with Gasteiger partial charge in [0.1, 0.15) is 11.6 Å². The number of aryl methyl sites for hydroxylation is 1. The first-order valence-electron chi connectivity index (χ1n) is 12.9. The number of carbonyl (C=O) groups is 3. The van der Waals surface area contributed by atoms with Crippen LogP contribution in [0.1, 0.15) is 51.3 Å². The number of urea groups is 1. The zero-order chi connectivity index (χ0) is 28.8. The number of imide groups is 1. The predicted molar refractivity (Wildman–Crippen MR) is 147 cm³/mol. The SMILES string of the molecule is Cc1ccc(NC(=O)[C@H](C)N2C(=O)N[C@@](C)(c3ccc(C(C)(C)C)cc3)C2=O)cc1S(=O)(=O)N1CCOCC1. The Morgan fingerprint density at radius 1 is 1.08 bits per heavy atom. The molecule has 4 rings (SSSR count). The molecule has 10 nitrogen and oxygen atoms in total. The first-order chi connectivity index (χ1) is 18.2. The van der Waals surface area contributed by atoms with Gasteiger partial charge >= 0.3 is 6.03 Å². The largest absolute Gasteiger partial charge is 0.379 e. The van der Waals surface area contributed by atoms with E-state index in [1.807, 2.05) is 24.3 Å². The molecule has 2 heterocycles. The molecule has 2 fully saturated rings. The molecule has 2 N–H and O–H groups in total. The quantitative estimate of drug-likeness (QED) is 0.527. The fourth-order valence-electron chi connectivity index (χ4n) is 4.76. The van der Waals surface area contributed by atoms with E-state index in [1.54, 1.807) is 26.0 Å². The third kappa shape index (κ3) is 5.43. The number of nitrogens with zero attached hydrogens (tertiary/aromatic N) is 2. The van der Waals surface area contributed by atoms with Gasteiger partial charge in [-0.25, -0.2) is 18.1 Å². The van der Waals surface area contributed by atoms with E-state index in [1.165, 1.54) is 17.3 Å². The summed E-state index contributed by atoms with van der Waals surface area (Å²) >= 11 is 0. The van der Waals surface area contributed by atoms with Gasteiger partial charge < -0.3 is 15.4 Å². The highest BCUT2D eigenvalue weighted by atomic mass is 32.2. The number of hydrogen-bond donors (Lipinski definition) is 2. The summed E-state index contributed by atoms with van der Waals surface area (Å²) in [7, 11) is -3.79. The molecule has 2 aromatic carbocycles. The molecule has 39 heavy (non-hydrogen) atoms. The molecular weight excluding hydrogens is 520 g/mol. The molecule has 4 amide bonds. The van der Waals surface area contributed by atoms with E-state index < -0.39 is 39.4 Å². The number of benzene rings is 2. The summed E-state index contributed by atoms with van der Waals surface area (Å²) in [5.74, 6) is -1.16. The molecule has 2 saturated heterocycles. The van der Waals surface area contributed by atoms with Crippen LogP contribution in [0.5, 0.6) is 0 Å². The lowest BCUT2D eigenvalue weighted by molar-refractivity contribution is -0.136. The Morgan fingerprint density at radius 2 is 1.69 bits per heavy atom. The van der Waals surface area contributed by atoms with Gasteiger partial charge in [-0.15, -0.1) is 0 Å². The number of amides is 4. The fourth-order valence-corrected chi connectivity index (χ4v) is 6.42. The maximum atomic E-state index is 13.5. The normalized spacial score (nSPS) is 21.5. The van der Waals surface area contributed by atoms with Crippen molar-refractivity contribution < 1.29 is 27.5 Å². The van der Waals surface area contributed by atoms with E-state index in [2.05, 4.69) is 31.4 Å². The van der Waals surface area contributed by atoms with Gasteiger partial charge in [0, 0.05) is 18.8 Å². The molecule has 2 atom stereocenters. The van der Waals surface area contributed by atoms with Crippen molar-refractivity contribution >= 4 is 33.6 Å². The molecule has 0 unspecified atom stereocenters. The highest BCUT2D eigenvalue weighted by Crippen LogP contribution is 2.32.